The van der Waals surface area contributed by atoms with E-state index in [4.69, 9.17) is 10.2 Å². The van der Waals surface area contributed by atoms with E-state index in [9.17, 15) is 4.39 Å². The Morgan fingerprint density at radius 3 is 2.50 bits per heavy atom. The molecule has 24 heavy (non-hydrogen) atoms. The van der Waals surface area contributed by atoms with E-state index in [2.05, 4.69) is 6.58 Å². The second-order valence-electron chi connectivity index (χ2n) is 6.03. The molecule has 0 aliphatic heterocycles. The Hall–Kier alpha value is -1.71. The molecule has 1 aromatic carbocycles. The van der Waals surface area contributed by atoms with Crippen LogP contribution in [0.3, 0.4) is 0 Å². The van der Waals surface area contributed by atoms with Crippen LogP contribution in [0.5, 0.6) is 0 Å². The Bertz CT molecular complexity index is 584. The smallest absolute Gasteiger partial charge is 0.131 e. The molecule has 3 heteroatoms. The molecule has 0 heterocycles. The number of benzene rings is 1. The van der Waals surface area contributed by atoms with Gasteiger partial charge in [0.25, 0.3) is 0 Å². The number of aliphatic hydroxyl groups is 2. The molecule has 1 aromatic rings. The highest BCUT2D eigenvalue weighted by molar-refractivity contribution is 5.74. The van der Waals surface area contributed by atoms with Crippen LogP contribution >= 0.6 is 0 Å². The van der Waals surface area contributed by atoms with Crippen LogP contribution in [-0.2, 0) is 6.42 Å². The highest BCUT2D eigenvalue weighted by Crippen LogP contribution is 2.22. The standard InChI is InChI=1S/C21H29FO2/c1-4-17-10-12-20(21(22)13-17)19(5-2)11-9-16(3)7-6-8-18(14-23)15-24/h5,9-13,18,23-24H,3-4,6-8,14-15H2,1-2H3/b11-9-,19-5+. The fourth-order valence-electron chi connectivity index (χ4n) is 2.50. The number of halogens is 1. The van der Waals surface area contributed by atoms with Gasteiger partial charge in [0, 0.05) is 24.7 Å². The van der Waals surface area contributed by atoms with Gasteiger partial charge in [0.2, 0.25) is 0 Å². The Morgan fingerprint density at radius 1 is 1.25 bits per heavy atom. The van der Waals surface area contributed by atoms with Gasteiger partial charge in [-0.2, -0.15) is 0 Å². The third-order valence-electron chi connectivity index (χ3n) is 4.19. The Kier molecular flexibility index (Phi) is 9.28. The van der Waals surface area contributed by atoms with Gasteiger partial charge in [-0.05, 0) is 49.8 Å². The monoisotopic (exact) mass is 332 g/mol. The van der Waals surface area contributed by atoms with Gasteiger partial charge in [-0.15, -0.1) is 0 Å². The first-order chi connectivity index (χ1) is 11.5. The van der Waals surface area contributed by atoms with Crippen molar-refractivity contribution in [1.82, 2.24) is 0 Å². The second kappa shape index (κ2) is 11.0. The molecule has 0 bridgehead atoms. The molecule has 1 rings (SSSR count). The van der Waals surface area contributed by atoms with Crippen LogP contribution in [0.4, 0.5) is 4.39 Å². The largest absolute Gasteiger partial charge is 0.396 e. The first kappa shape index (κ1) is 20.3. The topological polar surface area (TPSA) is 40.5 Å². The van der Waals surface area contributed by atoms with Gasteiger partial charge >= 0.3 is 0 Å². The molecular weight excluding hydrogens is 303 g/mol. The summed E-state index contributed by atoms with van der Waals surface area (Å²) in [5.74, 6) is -0.259. The van der Waals surface area contributed by atoms with Crippen LogP contribution in [0.1, 0.15) is 44.2 Å². The van der Waals surface area contributed by atoms with Gasteiger partial charge in [-0.1, -0.05) is 49.4 Å². The fraction of sp³-hybridized carbons (Fsp3) is 0.429. The van der Waals surface area contributed by atoms with Gasteiger partial charge in [0.1, 0.15) is 5.82 Å². The quantitative estimate of drug-likeness (QED) is 0.611. The SMILES string of the molecule is C=C(/C=C\C(=C/C)c1ccc(CC)cc1F)CCCC(CO)CO. The maximum Gasteiger partial charge on any atom is 0.131 e. The van der Waals surface area contributed by atoms with E-state index in [0.29, 0.717) is 5.56 Å². The maximum absolute atomic E-state index is 14.2. The third-order valence-corrected chi connectivity index (χ3v) is 4.19. The predicted molar refractivity (Wildman–Crippen MR) is 99.2 cm³/mol. The van der Waals surface area contributed by atoms with Crippen LogP contribution < -0.4 is 0 Å². The number of aliphatic hydroxyl groups excluding tert-OH is 2. The van der Waals surface area contributed by atoms with Crippen molar-refractivity contribution in [2.75, 3.05) is 13.2 Å². The van der Waals surface area contributed by atoms with Gasteiger partial charge in [-0.25, -0.2) is 4.39 Å². The zero-order valence-electron chi connectivity index (χ0n) is 14.8. The zero-order valence-corrected chi connectivity index (χ0v) is 14.8. The van der Waals surface area contributed by atoms with Crippen molar-refractivity contribution in [3.63, 3.8) is 0 Å². The molecule has 0 unspecified atom stereocenters. The summed E-state index contributed by atoms with van der Waals surface area (Å²) in [7, 11) is 0. The van der Waals surface area contributed by atoms with E-state index < -0.39 is 0 Å². The minimum absolute atomic E-state index is 0.00850. The fourth-order valence-corrected chi connectivity index (χ4v) is 2.50. The van der Waals surface area contributed by atoms with E-state index in [1.807, 2.05) is 44.2 Å². The lowest BCUT2D eigenvalue weighted by molar-refractivity contribution is 0.142. The van der Waals surface area contributed by atoms with Crippen LogP contribution in [0.25, 0.3) is 5.57 Å². The molecule has 0 aliphatic rings. The summed E-state index contributed by atoms with van der Waals surface area (Å²) in [6, 6.07) is 5.36. The summed E-state index contributed by atoms with van der Waals surface area (Å²) in [6.45, 7) is 7.94. The van der Waals surface area contributed by atoms with Crippen molar-refractivity contribution in [3.05, 3.63) is 65.5 Å². The lowest BCUT2D eigenvalue weighted by Gasteiger charge is -2.10. The van der Waals surface area contributed by atoms with Crippen molar-refractivity contribution in [2.24, 2.45) is 5.92 Å². The molecule has 2 nitrogen and oxygen atoms in total. The molecule has 0 saturated carbocycles. The van der Waals surface area contributed by atoms with Crippen molar-refractivity contribution in [3.8, 4) is 0 Å². The summed E-state index contributed by atoms with van der Waals surface area (Å²) in [5, 5.41) is 18.1. The summed E-state index contributed by atoms with van der Waals surface area (Å²) >= 11 is 0. The minimum atomic E-state index is -0.202. The van der Waals surface area contributed by atoms with Crippen LogP contribution in [0.2, 0.25) is 0 Å². The van der Waals surface area contributed by atoms with Crippen LogP contribution in [-0.4, -0.2) is 23.4 Å². The predicted octanol–water partition coefficient (Wildman–Crippen LogP) is 4.67. The molecule has 0 radical (unpaired) electrons. The molecule has 0 aromatic heterocycles. The molecule has 0 spiro atoms. The molecule has 0 amide bonds. The highest BCUT2D eigenvalue weighted by atomic mass is 19.1. The lowest BCUT2D eigenvalue weighted by Crippen LogP contribution is -2.10. The molecule has 0 aliphatic carbocycles. The van der Waals surface area contributed by atoms with E-state index >= 15 is 0 Å². The Labute approximate surface area is 145 Å². The van der Waals surface area contributed by atoms with Gasteiger partial charge in [0.15, 0.2) is 0 Å². The maximum atomic E-state index is 14.2. The number of allylic oxidation sites excluding steroid dienone is 5. The minimum Gasteiger partial charge on any atom is -0.396 e. The molecular formula is C21H29FO2. The summed E-state index contributed by atoms with van der Waals surface area (Å²) < 4.78 is 14.2. The van der Waals surface area contributed by atoms with Crippen molar-refractivity contribution in [2.45, 2.75) is 39.5 Å². The molecule has 2 N–H and O–H groups in total. The average Bonchev–Trinajstić information content (AvgIpc) is 2.60. The molecule has 0 atom stereocenters. The Morgan fingerprint density at radius 2 is 1.96 bits per heavy atom. The van der Waals surface area contributed by atoms with E-state index in [1.165, 1.54) is 0 Å². The van der Waals surface area contributed by atoms with Gasteiger partial charge in [-0.3, -0.25) is 0 Å². The highest BCUT2D eigenvalue weighted by Gasteiger charge is 2.07. The number of hydrogen-bond acceptors (Lipinski definition) is 2. The average molecular weight is 332 g/mol. The second-order valence-corrected chi connectivity index (χ2v) is 6.03. The number of aryl methyl sites for hydroxylation is 1. The van der Waals surface area contributed by atoms with Crippen LogP contribution in [0.15, 0.2) is 48.6 Å². The Balaban J connectivity index is 2.65. The summed E-state index contributed by atoms with van der Waals surface area (Å²) in [5.41, 5.74) is 3.37. The van der Waals surface area contributed by atoms with Crippen LogP contribution in [0, 0.1) is 11.7 Å². The molecule has 0 saturated heterocycles. The van der Waals surface area contributed by atoms with Gasteiger partial charge < -0.3 is 10.2 Å². The van der Waals surface area contributed by atoms with Crippen molar-refractivity contribution < 1.29 is 14.6 Å². The van der Waals surface area contributed by atoms with Crippen molar-refractivity contribution in [1.29, 1.82) is 0 Å². The number of hydrogen-bond donors (Lipinski definition) is 2. The first-order valence-corrected chi connectivity index (χ1v) is 8.58. The third kappa shape index (κ3) is 6.42. The lowest BCUT2D eigenvalue weighted by atomic mass is 9.99. The van der Waals surface area contributed by atoms with E-state index in [-0.39, 0.29) is 24.9 Å². The van der Waals surface area contributed by atoms with E-state index in [1.54, 1.807) is 6.07 Å². The summed E-state index contributed by atoms with van der Waals surface area (Å²) in [6.07, 6.45) is 8.93. The first-order valence-electron chi connectivity index (χ1n) is 8.58. The zero-order chi connectivity index (χ0) is 17.9. The van der Waals surface area contributed by atoms with Gasteiger partial charge in [0.05, 0.1) is 0 Å². The number of rotatable bonds is 10. The normalized spacial score (nSPS) is 12.3. The van der Waals surface area contributed by atoms with E-state index in [0.717, 1.165) is 42.4 Å². The molecule has 132 valence electrons. The van der Waals surface area contributed by atoms with Crippen molar-refractivity contribution >= 4 is 5.57 Å². The summed E-state index contributed by atoms with van der Waals surface area (Å²) in [4.78, 5) is 0. The molecule has 0 fully saturated rings.